The minimum Gasteiger partial charge on any atom is -0.326 e. The highest BCUT2D eigenvalue weighted by atomic mass is 16.2. The number of hydrogen-bond donors (Lipinski definition) is 2. The Labute approximate surface area is 185 Å². The molecule has 32 heavy (non-hydrogen) atoms. The Morgan fingerprint density at radius 2 is 1.50 bits per heavy atom. The highest BCUT2D eigenvalue weighted by molar-refractivity contribution is 6.04. The molecule has 1 aromatic heterocycles. The zero-order valence-corrected chi connectivity index (χ0v) is 17.3. The number of anilines is 2. The first-order valence-electron chi connectivity index (χ1n) is 10.3. The maximum Gasteiger partial charge on any atom is 0.255 e. The van der Waals surface area contributed by atoms with Crippen LogP contribution in [0.25, 0.3) is 11.4 Å². The van der Waals surface area contributed by atoms with E-state index in [1.54, 1.807) is 36.4 Å². The third kappa shape index (κ3) is 5.63. The third-order valence-electron chi connectivity index (χ3n) is 4.69. The first kappa shape index (κ1) is 20.9. The van der Waals surface area contributed by atoms with Crippen LogP contribution in [0.2, 0.25) is 0 Å². The number of carbonyl (C=O) groups excluding carboxylic acids is 2. The molecule has 2 amide bonds. The molecule has 4 rings (SSSR count). The fourth-order valence-electron chi connectivity index (χ4n) is 3.11. The van der Waals surface area contributed by atoms with Crippen molar-refractivity contribution in [3.63, 3.8) is 0 Å². The number of benzene rings is 3. The molecule has 0 bridgehead atoms. The minimum absolute atomic E-state index is 0.125. The number of aromatic nitrogens is 4. The Balaban J connectivity index is 1.26. The van der Waals surface area contributed by atoms with Gasteiger partial charge in [0.05, 0.1) is 6.54 Å². The van der Waals surface area contributed by atoms with Crippen LogP contribution >= 0.6 is 0 Å². The van der Waals surface area contributed by atoms with Gasteiger partial charge in [-0.05, 0) is 42.0 Å². The molecule has 0 atom stereocenters. The van der Waals surface area contributed by atoms with Crippen molar-refractivity contribution in [2.24, 2.45) is 0 Å². The molecule has 0 radical (unpaired) electrons. The van der Waals surface area contributed by atoms with Gasteiger partial charge in [-0.1, -0.05) is 54.6 Å². The Morgan fingerprint density at radius 3 is 2.25 bits per heavy atom. The number of hydrogen-bond acceptors (Lipinski definition) is 5. The molecule has 0 aliphatic rings. The second-order valence-corrected chi connectivity index (χ2v) is 7.13. The van der Waals surface area contributed by atoms with Gasteiger partial charge in [0.25, 0.3) is 5.91 Å². The van der Waals surface area contributed by atoms with Gasteiger partial charge in [0.2, 0.25) is 11.7 Å². The Morgan fingerprint density at radius 1 is 0.812 bits per heavy atom. The number of tetrazole rings is 1. The van der Waals surface area contributed by atoms with Gasteiger partial charge < -0.3 is 10.6 Å². The standard InChI is InChI=1S/C24H22N6O2/c31-22(15-8-16-30-28-23(27-29-30)18-9-3-1-4-10-18)25-20-13-7-14-21(17-20)26-24(32)19-11-5-2-6-12-19/h1-7,9-14,17H,8,15-16H2,(H,25,31)(H,26,32). The molecule has 8 nitrogen and oxygen atoms in total. The summed E-state index contributed by atoms with van der Waals surface area (Å²) in [5, 5.41) is 18.1. The third-order valence-corrected chi connectivity index (χ3v) is 4.69. The van der Waals surface area contributed by atoms with E-state index in [-0.39, 0.29) is 11.8 Å². The van der Waals surface area contributed by atoms with Gasteiger partial charge in [-0.2, -0.15) is 4.80 Å². The predicted molar refractivity (Wildman–Crippen MR) is 122 cm³/mol. The lowest BCUT2D eigenvalue weighted by Gasteiger charge is -2.09. The van der Waals surface area contributed by atoms with Crippen LogP contribution in [0, 0.1) is 0 Å². The molecule has 0 spiro atoms. The number of rotatable bonds is 8. The van der Waals surface area contributed by atoms with E-state index >= 15 is 0 Å². The summed E-state index contributed by atoms with van der Waals surface area (Å²) in [4.78, 5) is 26.1. The Kier molecular flexibility index (Phi) is 6.62. The van der Waals surface area contributed by atoms with Crippen molar-refractivity contribution < 1.29 is 9.59 Å². The number of nitrogens with zero attached hydrogens (tertiary/aromatic N) is 4. The number of nitrogens with one attached hydrogen (secondary N) is 2. The number of aryl methyl sites for hydroxylation is 1. The van der Waals surface area contributed by atoms with E-state index in [9.17, 15) is 9.59 Å². The predicted octanol–water partition coefficient (Wildman–Crippen LogP) is 4.01. The first-order chi connectivity index (χ1) is 15.7. The molecule has 2 N–H and O–H groups in total. The molecule has 4 aromatic rings. The monoisotopic (exact) mass is 426 g/mol. The average Bonchev–Trinajstić information content (AvgIpc) is 3.29. The van der Waals surface area contributed by atoms with Gasteiger partial charge in [0.1, 0.15) is 0 Å². The zero-order chi connectivity index (χ0) is 22.2. The maximum absolute atomic E-state index is 12.3. The van der Waals surface area contributed by atoms with Gasteiger partial charge in [-0.25, -0.2) is 0 Å². The summed E-state index contributed by atoms with van der Waals surface area (Å²) in [6.07, 6.45) is 0.879. The topological polar surface area (TPSA) is 102 Å². The number of amides is 2. The summed E-state index contributed by atoms with van der Waals surface area (Å²) >= 11 is 0. The Bertz CT molecular complexity index is 1190. The molecule has 8 heteroatoms. The summed E-state index contributed by atoms with van der Waals surface area (Å²) in [5.74, 6) is 0.230. The summed E-state index contributed by atoms with van der Waals surface area (Å²) in [5.41, 5.74) is 2.69. The van der Waals surface area contributed by atoms with Crippen LogP contribution in [-0.2, 0) is 11.3 Å². The van der Waals surface area contributed by atoms with Crippen molar-refractivity contribution in [1.82, 2.24) is 20.2 Å². The first-order valence-corrected chi connectivity index (χ1v) is 10.3. The van der Waals surface area contributed by atoms with Crippen LogP contribution in [0.3, 0.4) is 0 Å². The van der Waals surface area contributed by atoms with E-state index in [4.69, 9.17) is 0 Å². The van der Waals surface area contributed by atoms with Gasteiger partial charge >= 0.3 is 0 Å². The molecular weight excluding hydrogens is 404 g/mol. The molecule has 0 aliphatic heterocycles. The van der Waals surface area contributed by atoms with Crippen LogP contribution < -0.4 is 10.6 Å². The molecule has 0 fully saturated rings. The maximum atomic E-state index is 12.3. The van der Waals surface area contributed by atoms with E-state index < -0.39 is 0 Å². The second kappa shape index (κ2) is 10.1. The molecule has 1 heterocycles. The molecule has 3 aromatic carbocycles. The van der Waals surface area contributed by atoms with Crippen LogP contribution in [0.5, 0.6) is 0 Å². The van der Waals surface area contributed by atoms with E-state index in [1.165, 1.54) is 4.80 Å². The summed E-state index contributed by atoms with van der Waals surface area (Å²) < 4.78 is 0. The lowest BCUT2D eigenvalue weighted by molar-refractivity contribution is -0.116. The van der Waals surface area contributed by atoms with E-state index in [2.05, 4.69) is 26.0 Å². The van der Waals surface area contributed by atoms with Crippen LogP contribution in [0.4, 0.5) is 11.4 Å². The lowest BCUT2D eigenvalue weighted by atomic mass is 10.2. The van der Waals surface area contributed by atoms with Crippen LogP contribution in [0.15, 0.2) is 84.9 Å². The van der Waals surface area contributed by atoms with E-state index in [0.29, 0.717) is 42.1 Å². The normalized spacial score (nSPS) is 10.5. The summed E-state index contributed by atoms with van der Waals surface area (Å²) in [6.45, 7) is 0.487. The van der Waals surface area contributed by atoms with Crippen molar-refractivity contribution in [3.8, 4) is 11.4 Å². The Hall–Kier alpha value is -4.33. The van der Waals surface area contributed by atoms with Crippen LogP contribution in [-0.4, -0.2) is 32.0 Å². The van der Waals surface area contributed by atoms with Gasteiger partial charge in [-0.3, -0.25) is 9.59 Å². The molecular formula is C24H22N6O2. The van der Waals surface area contributed by atoms with Gasteiger partial charge in [0.15, 0.2) is 0 Å². The zero-order valence-electron chi connectivity index (χ0n) is 17.3. The minimum atomic E-state index is -0.204. The van der Waals surface area contributed by atoms with Crippen molar-refractivity contribution in [3.05, 3.63) is 90.5 Å². The molecule has 0 aliphatic carbocycles. The highest BCUT2D eigenvalue weighted by Gasteiger charge is 2.09. The number of carbonyl (C=O) groups is 2. The second-order valence-electron chi connectivity index (χ2n) is 7.13. The van der Waals surface area contributed by atoms with Gasteiger partial charge in [0, 0.05) is 28.9 Å². The fraction of sp³-hybridized carbons (Fsp3) is 0.125. The van der Waals surface area contributed by atoms with E-state index in [0.717, 1.165) is 5.56 Å². The lowest BCUT2D eigenvalue weighted by Crippen LogP contribution is -2.14. The van der Waals surface area contributed by atoms with Crippen LogP contribution in [0.1, 0.15) is 23.2 Å². The van der Waals surface area contributed by atoms with Crippen molar-refractivity contribution >= 4 is 23.2 Å². The molecule has 0 saturated carbocycles. The summed E-state index contributed by atoms with van der Waals surface area (Å²) in [6, 6.07) is 25.6. The quantitative estimate of drug-likeness (QED) is 0.443. The molecule has 0 unspecified atom stereocenters. The molecule has 0 saturated heterocycles. The van der Waals surface area contributed by atoms with E-state index in [1.807, 2.05) is 48.5 Å². The SMILES string of the molecule is O=C(CCCn1nnc(-c2ccccc2)n1)Nc1cccc(NC(=O)c2ccccc2)c1. The van der Waals surface area contributed by atoms with Crippen molar-refractivity contribution in [1.29, 1.82) is 0 Å². The molecule has 160 valence electrons. The highest BCUT2D eigenvalue weighted by Crippen LogP contribution is 2.17. The fourth-order valence-corrected chi connectivity index (χ4v) is 3.11. The summed E-state index contributed by atoms with van der Waals surface area (Å²) in [7, 11) is 0. The van der Waals surface area contributed by atoms with Crippen molar-refractivity contribution in [2.45, 2.75) is 19.4 Å². The van der Waals surface area contributed by atoms with Crippen molar-refractivity contribution in [2.75, 3.05) is 10.6 Å². The largest absolute Gasteiger partial charge is 0.326 e. The van der Waals surface area contributed by atoms with Gasteiger partial charge in [-0.15, -0.1) is 10.2 Å². The average molecular weight is 426 g/mol. The smallest absolute Gasteiger partial charge is 0.255 e.